The Morgan fingerprint density at radius 2 is 2.23 bits per heavy atom. The summed E-state index contributed by atoms with van der Waals surface area (Å²) < 4.78 is 13.2. The molecule has 1 aromatic heterocycles. The van der Waals surface area contributed by atoms with E-state index in [0.29, 0.717) is 34.4 Å². The predicted octanol–water partition coefficient (Wildman–Crippen LogP) is 3.44. The van der Waals surface area contributed by atoms with Crippen LogP contribution in [0.5, 0.6) is 11.5 Å². The van der Waals surface area contributed by atoms with Gasteiger partial charge in [-0.1, -0.05) is 18.5 Å². The molecule has 2 aromatic rings. The van der Waals surface area contributed by atoms with Crippen molar-refractivity contribution in [2.24, 2.45) is 0 Å². The van der Waals surface area contributed by atoms with Crippen LogP contribution in [0.3, 0.4) is 0 Å². The van der Waals surface area contributed by atoms with Crippen LogP contribution in [-0.2, 0) is 6.54 Å². The summed E-state index contributed by atoms with van der Waals surface area (Å²) in [6.07, 6.45) is 0.904. The zero-order valence-electron chi connectivity index (χ0n) is 12.8. The van der Waals surface area contributed by atoms with Crippen molar-refractivity contribution in [1.82, 2.24) is 14.9 Å². The molecule has 120 valence electrons. The lowest BCUT2D eigenvalue weighted by molar-refractivity contribution is 0.294. The van der Waals surface area contributed by atoms with E-state index in [1.165, 1.54) is 0 Å². The first kappa shape index (κ1) is 16.6. The fourth-order valence-electron chi connectivity index (χ4n) is 1.95. The Bertz CT molecular complexity index is 699. The number of benzene rings is 1. The van der Waals surface area contributed by atoms with Gasteiger partial charge in [-0.3, -0.25) is 5.10 Å². The second kappa shape index (κ2) is 7.51. The highest BCUT2D eigenvalue weighted by molar-refractivity contribution is 7.71. The molecule has 0 atom stereocenters. The molecule has 1 heterocycles. The number of nitrogens with one attached hydrogen (secondary N) is 2. The van der Waals surface area contributed by atoms with E-state index in [9.17, 15) is 0 Å². The number of methoxy groups -OCH3 is 1. The minimum atomic E-state index is 0.512. The zero-order valence-corrected chi connectivity index (χ0v) is 14.3. The van der Waals surface area contributed by atoms with Crippen LogP contribution in [0.25, 0.3) is 0 Å². The molecule has 0 aliphatic heterocycles. The number of ether oxygens (including phenoxy) is 2. The first-order valence-corrected chi connectivity index (χ1v) is 7.72. The molecule has 22 heavy (non-hydrogen) atoms. The lowest BCUT2D eigenvalue weighted by Gasteiger charge is -2.14. The van der Waals surface area contributed by atoms with Crippen LogP contribution in [0.15, 0.2) is 12.1 Å². The molecule has 0 fully saturated rings. The lowest BCUT2D eigenvalue weighted by atomic mass is 10.2. The van der Waals surface area contributed by atoms with E-state index in [1.807, 2.05) is 26.0 Å². The number of aryl methyl sites for hydroxylation is 1. The maximum atomic E-state index is 6.29. The highest BCUT2D eigenvalue weighted by Crippen LogP contribution is 2.36. The van der Waals surface area contributed by atoms with Crippen LogP contribution >= 0.6 is 23.8 Å². The molecule has 0 amide bonds. The third kappa shape index (κ3) is 3.72. The van der Waals surface area contributed by atoms with Gasteiger partial charge in [-0.2, -0.15) is 5.10 Å². The lowest BCUT2D eigenvalue weighted by Crippen LogP contribution is -2.16. The van der Waals surface area contributed by atoms with Gasteiger partial charge in [0.25, 0.3) is 0 Å². The average Bonchev–Trinajstić information content (AvgIpc) is 2.82. The third-order valence-electron chi connectivity index (χ3n) is 3.02. The van der Waals surface area contributed by atoms with E-state index in [0.717, 1.165) is 17.8 Å². The number of hydrogen-bond acceptors (Lipinski definition) is 5. The van der Waals surface area contributed by atoms with E-state index in [-0.39, 0.29) is 0 Å². The largest absolute Gasteiger partial charge is 0.493 e. The molecule has 8 heteroatoms. The first-order valence-electron chi connectivity index (χ1n) is 6.94. The smallest absolute Gasteiger partial charge is 0.214 e. The molecular weight excluding hydrogens is 324 g/mol. The van der Waals surface area contributed by atoms with Gasteiger partial charge in [-0.15, -0.1) is 0 Å². The quantitative estimate of drug-likeness (QED) is 0.754. The van der Waals surface area contributed by atoms with Crippen LogP contribution < -0.4 is 14.9 Å². The number of hydrogen-bond donors (Lipinski definition) is 2. The SMILES string of the molecule is CCCOc1c(Cl)cc(CNn2c(C)n[nH]c2=S)cc1OC. The maximum Gasteiger partial charge on any atom is 0.214 e. The molecule has 0 spiro atoms. The van der Waals surface area contributed by atoms with E-state index >= 15 is 0 Å². The fourth-order valence-corrected chi connectivity index (χ4v) is 2.48. The summed E-state index contributed by atoms with van der Waals surface area (Å²) in [7, 11) is 1.60. The van der Waals surface area contributed by atoms with Crippen molar-refractivity contribution in [3.63, 3.8) is 0 Å². The topological polar surface area (TPSA) is 64.1 Å². The van der Waals surface area contributed by atoms with E-state index < -0.39 is 0 Å². The zero-order chi connectivity index (χ0) is 16.1. The number of aromatic nitrogens is 3. The summed E-state index contributed by atoms with van der Waals surface area (Å²) in [5.41, 5.74) is 4.13. The summed E-state index contributed by atoms with van der Waals surface area (Å²) in [5, 5.41) is 7.29. The molecule has 0 bridgehead atoms. The molecule has 0 aliphatic carbocycles. The number of halogens is 1. The second-order valence-electron chi connectivity index (χ2n) is 4.70. The highest BCUT2D eigenvalue weighted by atomic mass is 35.5. The van der Waals surface area contributed by atoms with Crippen LogP contribution in [0.4, 0.5) is 0 Å². The summed E-state index contributed by atoms with van der Waals surface area (Å²) in [6.45, 7) is 5.01. The minimum absolute atomic E-state index is 0.512. The average molecular weight is 343 g/mol. The fraction of sp³-hybridized carbons (Fsp3) is 0.429. The van der Waals surface area contributed by atoms with E-state index in [1.54, 1.807) is 11.8 Å². The first-order chi connectivity index (χ1) is 10.6. The van der Waals surface area contributed by atoms with Gasteiger partial charge in [0.1, 0.15) is 5.82 Å². The second-order valence-corrected chi connectivity index (χ2v) is 5.50. The van der Waals surface area contributed by atoms with Crippen LogP contribution in [0, 0.1) is 11.7 Å². The Morgan fingerprint density at radius 3 is 2.82 bits per heavy atom. The normalized spacial score (nSPS) is 10.5. The number of nitrogens with zero attached hydrogens (tertiary/aromatic N) is 2. The Hall–Kier alpha value is -1.73. The maximum absolute atomic E-state index is 6.29. The molecule has 0 saturated carbocycles. The minimum Gasteiger partial charge on any atom is -0.493 e. The Morgan fingerprint density at radius 1 is 1.45 bits per heavy atom. The number of rotatable bonds is 7. The molecule has 0 unspecified atom stereocenters. The third-order valence-corrected chi connectivity index (χ3v) is 3.58. The van der Waals surface area contributed by atoms with Gasteiger partial charge in [0.05, 0.1) is 25.3 Å². The molecule has 0 saturated heterocycles. The number of aromatic amines is 1. The van der Waals surface area contributed by atoms with Gasteiger partial charge in [0, 0.05) is 0 Å². The number of H-pyrrole nitrogens is 1. The van der Waals surface area contributed by atoms with Crippen molar-refractivity contribution in [2.45, 2.75) is 26.8 Å². The standard InChI is InChI=1S/C14H19ClN4O2S/c1-4-5-21-13-11(15)6-10(7-12(13)20-3)8-16-19-9(2)17-18-14(19)22/h6-7,16H,4-5,8H2,1-3H3,(H,18,22). The highest BCUT2D eigenvalue weighted by Gasteiger charge is 2.12. The van der Waals surface area contributed by atoms with Gasteiger partial charge in [0.2, 0.25) is 4.77 Å². The van der Waals surface area contributed by atoms with Gasteiger partial charge in [-0.25, -0.2) is 4.68 Å². The Balaban J connectivity index is 2.18. The molecule has 2 N–H and O–H groups in total. The molecule has 2 rings (SSSR count). The van der Waals surface area contributed by atoms with Crippen molar-refractivity contribution in [2.75, 3.05) is 19.1 Å². The van der Waals surface area contributed by atoms with Crippen molar-refractivity contribution < 1.29 is 9.47 Å². The van der Waals surface area contributed by atoms with Crippen LogP contribution in [0.2, 0.25) is 5.02 Å². The molecular formula is C14H19ClN4O2S. The monoisotopic (exact) mass is 342 g/mol. The molecule has 0 radical (unpaired) electrons. The van der Waals surface area contributed by atoms with Crippen molar-refractivity contribution in [3.05, 3.63) is 33.3 Å². The van der Waals surface area contributed by atoms with Gasteiger partial charge >= 0.3 is 0 Å². The summed E-state index contributed by atoms with van der Waals surface area (Å²) in [5.74, 6) is 1.95. The Labute approximate surface area is 139 Å². The Kier molecular flexibility index (Phi) is 5.68. The summed E-state index contributed by atoms with van der Waals surface area (Å²) >= 11 is 11.4. The van der Waals surface area contributed by atoms with Crippen LogP contribution in [-0.4, -0.2) is 28.6 Å². The predicted molar refractivity (Wildman–Crippen MR) is 89.0 cm³/mol. The van der Waals surface area contributed by atoms with Crippen molar-refractivity contribution >= 4 is 23.8 Å². The summed E-state index contributed by atoms with van der Waals surface area (Å²) in [6, 6.07) is 3.74. The van der Waals surface area contributed by atoms with Gasteiger partial charge in [0.15, 0.2) is 11.5 Å². The molecule has 6 nitrogen and oxygen atoms in total. The van der Waals surface area contributed by atoms with Crippen molar-refractivity contribution in [3.8, 4) is 11.5 Å². The van der Waals surface area contributed by atoms with E-state index in [2.05, 4.69) is 15.6 Å². The van der Waals surface area contributed by atoms with Gasteiger partial charge < -0.3 is 14.9 Å². The summed E-state index contributed by atoms with van der Waals surface area (Å²) in [4.78, 5) is 0. The molecule has 0 aliphatic rings. The van der Waals surface area contributed by atoms with Crippen LogP contribution in [0.1, 0.15) is 24.7 Å². The molecule has 1 aromatic carbocycles. The van der Waals surface area contributed by atoms with Gasteiger partial charge in [-0.05, 0) is 43.3 Å². The van der Waals surface area contributed by atoms with E-state index in [4.69, 9.17) is 33.3 Å². The van der Waals surface area contributed by atoms with Crippen molar-refractivity contribution in [1.29, 1.82) is 0 Å².